The monoisotopic (exact) mass is 413 g/mol. The first kappa shape index (κ1) is 19.6. The lowest BCUT2D eigenvalue weighted by Crippen LogP contribution is -2.50. The molecule has 8 heteroatoms. The summed E-state index contributed by atoms with van der Waals surface area (Å²) in [7, 11) is -3.55. The highest BCUT2D eigenvalue weighted by Gasteiger charge is 2.30. The number of nitrogens with zero attached hydrogens (tertiary/aromatic N) is 3. The summed E-state index contributed by atoms with van der Waals surface area (Å²) in [6.45, 7) is 1.85. The van der Waals surface area contributed by atoms with E-state index in [4.69, 9.17) is 0 Å². The summed E-state index contributed by atoms with van der Waals surface area (Å²) in [6, 6.07) is 15.4. The molecule has 2 fully saturated rings. The van der Waals surface area contributed by atoms with Crippen LogP contribution in [0.25, 0.3) is 0 Å². The molecule has 0 bridgehead atoms. The molecule has 152 valence electrons. The van der Waals surface area contributed by atoms with Crippen molar-refractivity contribution in [1.82, 2.24) is 9.21 Å². The Hall–Kier alpha value is -2.71. The number of anilines is 1. The number of rotatable bonds is 4. The number of carbonyl (C=O) groups excluding carboxylic acids is 2. The molecule has 2 heterocycles. The van der Waals surface area contributed by atoms with Gasteiger partial charge in [-0.15, -0.1) is 0 Å². The summed E-state index contributed by atoms with van der Waals surface area (Å²) in [5, 5.41) is 0. The fraction of sp³-hybridized carbons (Fsp3) is 0.333. The van der Waals surface area contributed by atoms with Crippen LogP contribution in [0.2, 0.25) is 0 Å². The van der Waals surface area contributed by atoms with Crippen LogP contribution in [0.5, 0.6) is 0 Å². The third-order valence-corrected chi connectivity index (χ3v) is 7.30. The Kier molecular flexibility index (Phi) is 5.38. The van der Waals surface area contributed by atoms with E-state index in [0.717, 1.165) is 12.1 Å². The summed E-state index contributed by atoms with van der Waals surface area (Å²) in [5.74, 6) is -0.0652. The number of sulfonamides is 1. The normalized spacial score (nSPS) is 18.3. The highest BCUT2D eigenvalue weighted by atomic mass is 32.2. The van der Waals surface area contributed by atoms with Crippen molar-refractivity contribution in [2.75, 3.05) is 37.6 Å². The molecule has 0 radical (unpaired) electrons. The van der Waals surface area contributed by atoms with Gasteiger partial charge in [-0.2, -0.15) is 4.31 Å². The molecule has 0 spiro atoms. The molecule has 2 saturated heterocycles. The Morgan fingerprint density at radius 1 is 0.862 bits per heavy atom. The SMILES string of the molecule is O=C(c1cccc(N2CCCC2=O)c1)N1CCN(S(=O)(=O)c2ccccc2)CC1. The second-order valence-electron chi connectivity index (χ2n) is 7.21. The molecule has 0 unspecified atom stereocenters. The highest BCUT2D eigenvalue weighted by Crippen LogP contribution is 2.24. The molecule has 0 N–H and O–H groups in total. The van der Waals surface area contributed by atoms with Crippen molar-refractivity contribution >= 4 is 27.5 Å². The minimum atomic E-state index is -3.55. The van der Waals surface area contributed by atoms with Crippen molar-refractivity contribution in [3.63, 3.8) is 0 Å². The van der Waals surface area contributed by atoms with Gasteiger partial charge in [0.05, 0.1) is 4.90 Å². The smallest absolute Gasteiger partial charge is 0.254 e. The van der Waals surface area contributed by atoms with Gasteiger partial charge in [-0.3, -0.25) is 9.59 Å². The zero-order valence-electron chi connectivity index (χ0n) is 16.0. The summed E-state index contributed by atoms with van der Waals surface area (Å²) in [6.07, 6.45) is 1.37. The van der Waals surface area contributed by atoms with Crippen LogP contribution in [0.1, 0.15) is 23.2 Å². The Balaban J connectivity index is 1.44. The maximum absolute atomic E-state index is 12.9. The topological polar surface area (TPSA) is 78.0 Å². The van der Waals surface area contributed by atoms with Gasteiger partial charge in [-0.25, -0.2) is 8.42 Å². The van der Waals surface area contributed by atoms with Crippen LogP contribution < -0.4 is 4.90 Å². The average molecular weight is 413 g/mol. The van der Waals surface area contributed by atoms with Gasteiger partial charge in [0.2, 0.25) is 15.9 Å². The van der Waals surface area contributed by atoms with Gasteiger partial charge >= 0.3 is 0 Å². The van der Waals surface area contributed by atoms with Crippen LogP contribution in [0.3, 0.4) is 0 Å². The van der Waals surface area contributed by atoms with Gasteiger partial charge in [0.1, 0.15) is 0 Å². The van der Waals surface area contributed by atoms with E-state index in [0.29, 0.717) is 31.6 Å². The molecule has 0 atom stereocenters. The van der Waals surface area contributed by atoms with E-state index in [1.807, 2.05) is 6.07 Å². The fourth-order valence-corrected chi connectivity index (χ4v) is 5.23. The van der Waals surface area contributed by atoms with Gasteiger partial charge in [0, 0.05) is 50.4 Å². The molecule has 4 rings (SSSR count). The van der Waals surface area contributed by atoms with E-state index in [9.17, 15) is 18.0 Å². The van der Waals surface area contributed by atoms with Crippen LogP contribution >= 0.6 is 0 Å². The van der Waals surface area contributed by atoms with Crippen molar-refractivity contribution in [3.8, 4) is 0 Å². The first-order valence-electron chi connectivity index (χ1n) is 9.72. The van der Waals surface area contributed by atoms with Crippen LogP contribution in [-0.2, 0) is 14.8 Å². The summed E-state index contributed by atoms with van der Waals surface area (Å²) in [5.41, 5.74) is 1.25. The van der Waals surface area contributed by atoms with Crippen LogP contribution in [0.4, 0.5) is 5.69 Å². The second kappa shape index (κ2) is 7.96. The number of hydrogen-bond acceptors (Lipinski definition) is 4. The van der Waals surface area contributed by atoms with Gasteiger partial charge in [-0.05, 0) is 36.8 Å². The third-order valence-electron chi connectivity index (χ3n) is 5.39. The average Bonchev–Trinajstić information content (AvgIpc) is 3.20. The zero-order valence-corrected chi connectivity index (χ0v) is 16.8. The lowest BCUT2D eigenvalue weighted by molar-refractivity contribution is -0.117. The molecular formula is C21H23N3O4S. The molecular weight excluding hydrogens is 390 g/mol. The Morgan fingerprint density at radius 2 is 1.59 bits per heavy atom. The molecule has 2 aliphatic rings. The lowest BCUT2D eigenvalue weighted by atomic mass is 10.1. The van der Waals surface area contributed by atoms with Crippen molar-refractivity contribution in [2.45, 2.75) is 17.7 Å². The van der Waals surface area contributed by atoms with Gasteiger partial charge in [0.15, 0.2) is 0 Å². The summed E-state index contributed by atoms with van der Waals surface area (Å²) < 4.78 is 26.9. The second-order valence-corrected chi connectivity index (χ2v) is 9.15. The first-order chi connectivity index (χ1) is 14.0. The molecule has 2 amide bonds. The number of piperazine rings is 1. The van der Waals surface area contributed by atoms with E-state index < -0.39 is 10.0 Å². The predicted octanol–water partition coefficient (Wildman–Crippen LogP) is 1.96. The standard InChI is InChI=1S/C21H23N3O4S/c25-20-10-5-11-24(20)18-7-4-6-17(16-18)21(26)22-12-14-23(15-13-22)29(27,28)19-8-2-1-3-9-19/h1-4,6-9,16H,5,10-15H2. The molecule has 0 aromatic heterocycles. The van der Waals surface area contributed by atoms with E-state index in [1.54, 1.807) is 58.3 Å². The van der Waals surface area contributed by atoms with Crippen molar-refractivity contribution in [1.29, 1.82) is 0 Å². The predicted molar refractivity (Wildman–Crippen MR) is 109 cm³/mol. The van der Waals surface area contributed by atoms with Crippen molar-refractivity contribution in [2.24, 2.45) is 0 Å². The molecule has 0 saturated carbocycles. The summed E-state index contributed by atoms with van der Waals surface area (Å²) >= 11 is 0. The summed E-state index contributed by atoms with van der Waals surface area (Å²) in [4.78, 5) is 28.5. The largest absolute Gasteiger partial charge is 0.336 e. The van der Waals surface area contributed by atoms with Crippen LogP contribution in [0.15, 0.2) is 59.5 Å². The van der Waals surface area contributed by atoms with E-state index in [-0.39, 0.29) is 29.8 Å². The molecule has 29 heavy (non-hydrogen) atoms. The molecule has 2 aliphatic heterocycles. The van der Waals surface area contributed by atoms with Gasteiger partial charge in [-0.1, -0.05) is 24.3 Å². The molecule has 2 aromatic carbocycles. The van der Waals surface area contributed by atoms with Gasteiger partial charge < -0.3 is 9.80 Å². The number of hydrogen-bond donors (Lipinski definition) is 0. The van der Waals surface area contributed by atoms with Gasteiger partial charge in [0.25, 0.3) is 5.91 Å². The first-order valence-corrected chi connectivity index (χ1v) is 11.2. The Labute approximate surface area is 170 Å². The molecule has 2 aromatic rings. The lowest BCUT2D eigenvalue weighted by Gasteiger charge is -2.34. The fourth-order valence-electron chi connectivity index (χ4n) is 3.78. The maximum atomic E-state index is 12.9. The number of benzene rings is 2. The Morgan fingerprint density at radius 3 is 2.24 bits per heavy atom. The minimum absolute atomic E-state index is 0.0781. The quantitative estimate of drug-likeness (QED) is 0.768. The van der Waals surface area contributed by atoms with Crippen molar-refractivity contribution < 1.29 is 18.0 Å². The van der Waals surface area contributed by atoms with E-state index >= 15 is 0 Å². The third kappa shape index (κ3) is 3.90. The highest BCUT2D eigenvalue weighted by molar-refractivity contribution is 7.89. The van der Waals surface area contributed by atoms with Crippen LogP contribution in [0, 0.1) is 0 Å². The number of carbonyl (C=O) groups is 2. The van der Waals surface area contributed by atoms with E-state index in [2.05, 4.69) is 0 Å². The van der Waals surface area contributed by atoms with Crippen molar-refractivity contribution in [3.05, 3.63) is 60.2 Å². The Bertz CT molecular complexity index is 1020. The minimum Gasteiger partial charge on any atom is -0.336 e. The maximum Gasteiger partial charge on any atom is 0.254 e. The van der Waals surface area contributed by atoms with Crippen LogP contribution in [-0.4, -0.2) is 62.2 Å². The number of amides is 2. The zero-order chi connectivity index (χ0) is 20.4. The molecule has 7 nitrogen and oxygen atoms in total. The molecule has 0 aliphatic carbocycles. The van der Waals surface area contributed by atoms with E-state index in [1.165, 1.54) is 4.31 Å².